The Morgan fingerprint density at radius 2 is 1.05 bits per heavy atom. The number of ether oxygens (including phenoxy) is 6. The van der Waals surface area contributed by atoms with Gasteiger partial charge in [0.25, 0.3) is 11.8 Å². The van der Waals surface area contributed by atoms with E-state index in [2.05, 4.69) is 36.9 Å². The van der Waals surface area contributed by atoms with Crippen LogP contribution in [0.3, 0.4) is 0 Å². The molecule has 5 N–H and O–H groups in total. The molecular weight excluding hydrogens is 1040 g/mol. The molecule has 5 rings (SSSR count). The third-order valence-corrected chi connectivity index (χ3v) is 15.2. The van der Waals surface area contributed by atoms with Gasteiger partial charge in [0.15, 0.2) is 0 Å². The van der Waals surface area contributed by atoms with Crippen molar-refractivity contribution in [1.82, 2.24) is 30.3 Å². The van der Waals surface area contributed by atoms with Crippen LogP contribution < -0.4 is 25.4 Å². The van der Waals surface area contributed by atoms with Crippen LogP contribution in [0.2, 0.25) is 10.0 Å². The summed E-state index contributed by atoms with van der Waals surface area (Å²) in [6, 6.07) is 23.6. The molecule has 18 nitrogen and oxygen atoms in total. The SMILES string of the molecule is C=C(C)[C@@H](CNC)c1ccc(S(=O)(=O)NCCOCCOCCOCCNC(=O)c2ccc(C(=O)NCCOCCOCCOCCNS(=O)(=O)c3ccc([C@@H]4CN(C)Cc5c(Cl)cc(Cl)cc54)cc3)cc2)cc1. The number of fused-ring (bicyclic) bond motifs is 1. The van der Waals surface area contributed by atoms with E-state index in [0.29, 0.717) is 73.9 Å². The summed E-state index contributed by atoms with van der Waals surface area (Å²) >= 11 is 12.8. The zero-order chi connectivity index (χ0) is 53.4. The predicted molar refractivity (Wildman–Crippen MR) is 285 cm³/mol. The molecule has 0 fully saturated rings. The number of benzene rings is 4. The first kappa shape index (κ1) is 60.5. The normalized spacial score (nSPS) is 14.4. The first-order valence-electron chi connectivity index (χ1n) is 24.4. The second-order valence-corrected chi connectivity index (χ2v) is 21.7. The van der Waals surface area contributed by atoms with Gasteiger partial charge in [0, 0.05) is 78.8 Å². The van der Waals surface area contributed by atoms with Crippen LogP contribution in [0.25, 0.3) is 0 Å². The van der Waals surface area contributed by atoms with Gasteiger partial charge >= 0.3 is 0 Å². The molecule has 4 aromatic rings. The summed E-state index contributed by atoms with van der Waals surface area (Å²) in [5.41, 5.74) is 5.83. The van der Waals surface area contributed by atoms with Crippen LogP contribution in [0.1, 0.15) is 61.7 Å². The van der Waals surface area contributed by atoms with Crippen molar-refractivity contribution < 1.29 is 54.8 Å². The van der Waals surface area contributed by atoms with Crippen LogP contribution in [-0.4, -0.2) is 166 Å². The van der Waals surface area contributed by atoms with Crippen molar-refractivity contribution in [3.05, 3.63) is 141 Å². The number of amides is 2. The lowest BCUT2D eigenvalue weighted by Crippen LogP contribution is -2.31. The van der Waals surface area contributed by atoms with E-state index in [1.807, 2.05) is 51.4 Å². The highest BCUT2D eigenvalue weighted by Crippen LogP contribution is 2.38. The third-order valence-electron chi connectivity index (χ3n) is 11.7. The smallest absolute Gasteiger partial charge is 0.251 e. The lowest BCUT2D eigenvalue weighted by atomic mass is 9.85. The number of carbonyl (C=O) groups excluding carboxylic acids is 2. The summed E-state index contributed by atoms with van der Waals surface area (Å²) in [6.07, 6.45) is 0. The van der Waals surface area contributed by atoms with Crippen molar-refractivity contribution in [2.45, 2.75) is 35.1 Å². The molecular formula is C52H70Cl2N6O12S2. The number of nitrogens with zero attached hydrogens (tertiary/aromatic N) is 1. The minimum Gasteiger partial charge on any atom is -0.378 e. The Labute approximate surface area is 446 Å². The van der Waals surface area contributed by atoms with Crippen LogP contribution in [0.15, 0.2) is 107 Å². The Kier molecular flexibility index (Phi) is 25.9. The maximum absolute atomic E-state index is 12.9. The monoisotopic (exact) mass is 1100 g/mol. The molecule has 0 unspecified atom stereocenters. The van der Waals surface area contributed by atoms with E-state index < -0.39 is 20.0 Å². The summed E-state index contributed by atoms with van der Waals surface area (Å²) in [6.45, 7) is 12.3. The van der Waals surface area contributed by atoms with E-state index in [0.717, 1.165) is 34.4 Å². The summed E-state index contributed by atoms with van der Waals surface area (Å²) in [7, 11) is -3.52. The quantitative estimate of drug-likeness (QED) is 0.0304. The molecule has 1 aliphatic heterocycles. The zero-order valence-electron chi connectivity index (χ0n) is 42.3. The standard InChI is InChI=1S/C52H70Cl2N6O12S2/c1-38(2)47(35-55-3)39-9-13-44(14-10-39)73(63,64)58-19-23-69-27-31-71-29-25-67-21-17-56-51(61)41-5-7-42(8-6-41)52(62)57-18-22-68-26-30-72-32-28-70-24-20-59-74(65,66)45-15-11-40(12-16-45)48-36-60(4)37-49-46(48)33-43(53)34-50(49)54/h5-16,33-34,47-48,55,58-59H,1,17-32,35-37H2,2-4H3,(H,56,61)(H,57,62)/t47-,48+/m1/s1. The van der Waals surface area contributed by atoms with E-state index in [-0.39, 0.29) is 99.3 Å². The lowest BCUT2D eigenvalue weighted by Gasteiger charge is -2.33. The average Bonchev–Trinajstić information content (AvgIpc) is 3.38. The fourth-order valence-corrected chi connectivity index (χ4v) is 10.5. The van der Waals surface area contributed by atoms with Crippen LogP contribution in [0.5, 0.6) is 0 Å². The van der Waals surface area contributed by atoms with Gasteiger partial charge in [-0.3, -0.25) is 9.59 Å². The Bertz CT molecular complexity index is 2610. The second-order valence-electron chi connectivity index (χ2n) is 17.4. The Morgan fingerprint density at radius 1 is 0.635 bits per heavy atom. The predicted octanol–water partition coefficient (Wildman–Crippen LogP) is 4.97. The fraction of sp³-hybridized carbons (Fsp3) is 0.462. The third kappa shape index (κ3) is 20.0. The van der Waals surface area contributed by atoms with Gasteiger partial charge in [0.2, 0.25) is 20.0 Å². The van der Waals surface area contributed by atoms with Crippen LogP contribution in [-0.2, 0) is 55.0 Å². The number of rotatable bonds is 35. The van der Waals surface area contributed by atoms with Crippen molar-refractivity contribution >= 4 is 55.1 Å². The van der Waals surface area contributed by atoms with Crippen LogP contribution >= 0.6 is 23.2 Å². The molecule has 0 radical (unpaired) electrons. The molecule has 4 aromatic carbocycles. The first-order valence-corrected chi connectivity index (χ1v) is 28.1. The molecule has 0 bridgehead atoms. The van der Waals surface area contributed by atoms with Crippen LogP contribution in [0, 0.1) is 0 Å². The first-order chi connectivity index (χ1) is 35.6. The van der Waals surface area contributed by atoms with Crippen molar-refractivity contribution in [2.24, 2.45) is 0 Å². The van der Waals surface area contributed by atoms with E-state index in [4.69, 9.17) is 51.6 Å². The number of halogens is 2. The van der Waals surface area contributed by atoms with Gasteiger partial charge in [-0.25, -0.2) is 26.3 Å². The highest BCUT2D eigenvalue weighted by atomic mass is 35.5. The van der Waals surface area contributed by atoms with Crippen molar-refractivity contribution in [3.63, 3.8) is 0 Å². The maximum atomic E-state index is 12.9. The maximum Gasteiger partial charge on any atom is 0.251 e. The number of carbonyl (C=O) groups is 2. The summed E-state index contributed by atoms with van der Waals surface area (Å²) < 4.78 is 89.4. The molecule has 0 saturated heterocycles. The molecule has 22 heteroatoms. The molecule has 2 atom stereocenters. The van der Waals surface area contributed by atoms with Gasteiger partial charge in [-0.1, -0.05) is 59.6 Å². The number of sulfonamides is 2. The number of hydrogen-bond donors (Lipinski definition) is 5. The molecule has 1 heterocycles. The second kappa shape index (κ2) is 31.6. The molecule has 0 aromatic heterocycles. The highest BCUT2D eigenvalue weighted by molar-refractivity contribution is 7.89. The molecule has 74 heavy (non-hydrogen) atoms. The van der Waals surface area contributed by atoms with E-state index >= 15 is 0 Å². The molecule has 0 aliphatic carbocycles. The van der Waals surface area contributed by atoms with Crippen molar-refractivity contribution in [2.75, 3.05) is 133 Å². The lowest BCUT2D eigenvalue weighted by molar-refractivity contribution is 0.0162. The molecule has 2 amide bonds. The average molecular weight is 1110 g/mol. The van der Waals surface area contributed by atoms with Gasteiger partial charge in [-0.15, -0.1) is 0 Å². The zero-order valence-corrected chi connectivity index (χ0v) is 45.4. The summed E-state index contributed by atoms with van der Waals surface area (Å²) in [5, 5.41) is 9.88. The summed E-state index contributed by atoms with van der Waals surface area (Å²) in [5.74, 6) is -0.507. The topological polar surface area (TPSA) is 221 Å². The number of likely N-dealkylation sites (N-methyl/N-ethyl adjacent to an activating group) is 2. The fourth-order valence-electron chi connectivity index (χ4n) is 7.87. The number of nitrogens with one attached hydrogen (secondary N) is 5. The van der Waals surface area contributed by atoms with Crippen molar-refractivity contribution in [1.29, 1.82) is 0 Å². The highest BCUT2D eigenvalue weighted by Gasteiger charge is 2.28. The van der Waals surface area contributed by atoms with E-state index in [1.54, 1.807) is 54.6 Å². The Hall–Kier alpha value is -4.36. The molecule has 0 spiro atoms. The number of hydrogen-bond acceptors (Lipinski definition) is 14. The molecule has 1 aliphatic rings. The van der Waals surface area contributed by atoms with Gasteiger partial charge in [0.1, 0.15) is 0 Å². The van der Waals surface area contributed by atoms with E-state index in [9.17, 15) is 26.4 Å². The van der Waals surface area contributed by atoms with E-state index in [1.165, 1.54) is 0 Å². The molecule has 0 saturated carbocycles. The van der Waals surface area contributed by atoms with Gasteiger partial charge in [-0.2, -0.15) is 0 Å². The minimum absolute atomic E-state index is 0.00227. The Balaban J connectivity index is 0.804. The van der Waals surface area contributed by atoms with Crippen molar-refractivity contribution in [3.8, 4) is 0 Å². The van der Waals surface area contributed by atoms with Gasteiger partial charge < -0.3 is 49.3 Å². The summed E-state index contributed by atoms with van der Waals surface area (Å²) in [4.78, 5) is 27.7. The van der Waals surface area contributed by atoms with Crippen LogP contribution in [0.4, 0.5) is 0 Å². The van der Waals surface area contributed by atoms with Gasteiger partial charge in [0.05, 0.1) is 89.1 Å². The minimum atomic E-state index is -3.74. The van der Waals surface area contributed by atoms with Gasteiger partial charge in [-0.05, 0) is 104 Å². The Morgan fingerprint density at radius 3 is 1.49 bits per heavy atom. The molecule has 406 valence electrons. The largest absolute Gasteiger partial charge is 0.378 e.